The molecule has 0 fully saturated rings. The Morgan fingerprint density at radius 1 is 1.00 bits per heavy atom. The van der Waals surface area contributed by atoms with Crippen LogP contribution in [-0.4, -0.2) is 7.11 Å². The molecule has 106 valence electrons. The summed E-state index contributed by atoms with van der Waals surface area (Å²) < 4.78 is 7.39. The standard InChI is InChI=1S/C16H17Br2NO/c1-9-7-15(20-3)10(2)6-13(9)16(19)12-5-4-11(17)8-14(12)18/h4-8,16H,19H2,1-3H3. The molecular weight excluding hydrogens is 382 g/mol. The summed E-state index contributed by atoms with van der Waals surface area (Å²) in [5.41, 5.74) is 10.9. The van der Waals surface area contributed by atoms with Crippen LogP contribution in [0.3, 0.4) is 0 Å². The number of rotatable bonds is 3. The molecule has 0 heterocycles. The first-order chi connectivity index (χ1) is 9.43. The molecule has 0 amide bonds. The largest absolute Gasteiger partial charge is 0.496 e. The molecule has 0 saturated heterocycles. The van der Waals surface area contributed by atoms with Crippen molar-refractivity contribution in [1.29, 1.82) is 0 Å². The monoisotopic (exact) mass is 397 g/mol. The van der Waals surface area contributed by atoms with Crippen LogP contribution in [0, 0.1) is 13.8 Å². The van der Waals surface area contributed by atoms with E-state index in [0.717, 1.165) is 36.9 Å². The van der Waals surface area contributed by atoms with Crippen LogP contribution in [0.5, 0.6) is 5.75 Å². The smallest absolute Gasteiger partial charge is 0.122 e. The third-order valence-electron chi connectivity index (χ3n) is 3.42. The zero-order valence-corrected chi connectivity index (χ0v) is 14.9. The lowest BCUT2D eigenvalue weighted by Gasteiger charge is -2.19. The number of ether oxygens (including phenoxy) is 1. The molecule has 2 aromatic carbocycles. The maximum atomic E-state index is 6.44. The average Bonchev–Trinajstić information content (AvgIpc) is 2.40. The summed E-state index contributed by atoms with van der Waals surface area (Å²) in [6, 6.07) is 10.0. The summed E-state index contributed by atoms with van der Waals surface area (Å²) in [5, 5.41) is 0. The highest BCUT2D eigenvalue weighted by Crippen LogP contribution is 2.33. The summed E-state index contributed by atoms with van der Waals surface area (Å²) in [7, 11) is 1.69. The third kappa shape index (κ3) is 3.08. The Labute approximate surface area is 136 Å². The molecule has 1 unspecified atom stereocenters. The van der Waals surface area contributed by atoms with E-state index in [1.807, 2.05) is 31.2 Å². The highest BCUT2D eigenvalue weighted by atomic mass is 79.9. The molecule has 2 rings (SSSR count). The molecule has 0 aromatic heterocycles. The van der Waals surface area contributed by atoms with Crippen LogP contribution in [0.25, 0.3) is 0 Å². The predicted octanol–water partition coefficient (Wildman–Crippen LogP) is 4.89. The van der Waals surface area contributed by atoms with Crippen LogP contribution in [0.1, 0.15) is 28.3 Å². The Balaban J connectivity index is 2.48. The molecule has 2 N–H and O–H groups in total. The number of methoxy groups -OCH3 is 1. The number of benzene rings is 2. The fourth-order valence-corrected chi connectivity index (χ4v) is 3.58. The van der Waals surface area contributed by atoms with Gasteiger partial charge in [0.15, 0.2) is 0 Å². The molecular formula is C16H17Br2NO. The van der Waals surface area contributed by atoms with E-state index in [2.05, 4.69) is 44.8 Å². The van der Waals surface area contributed by atoms with Crippen LogP contribution in [0.2, 0.25) is 0 Å². The van der Waals surface area contributed by atoms with Crippen molar-refractivity contribution >= 4 is 31.9 Å². The van der Waals surface area contributed by atoms with E-state index in [-0.39, 0.29) is 6.04 Å². The van der Waals surface area contributed by atoms with Gasteiger partial charge in [0, 0.05) is 8.95 Å². The maximum absolute atomic E-state index is 6.44. The van der Waals surface area contributed by atoms with E-state index in [1.54, 1.807) is 7.11 Å². The predicted molar refractivity (Wildman–Crippen MR) is 90.3 cm³/mol. The molecule has 20 heavy (non-hydrogen) atoms. The second-order valence-electron chi connectivity index (χ2n) is 4.82. The van der Waals surface area contributed by atoms with Crippen molar-refractivity contribution in [3.8, 4) is 5.75 Å². The lowest BCUT2D eigenvalue weighted by molar-refractivity contribution is 0.411. The first kappa shape index (κ1) is 15.5. The van der Waals surface area contributed by atoms with Gasteiger partial charge in [-0.15, -0.1) is 0 Å². The fraction of sp³-hybridized carbons (Fsp3) is 0.250. The van der Waals surface area contributed by atoms with Gasteiger partial charge >= 0.3 is 0 Å². The van der Waals surface area contributed by atoms with Gasteiger partial charge in [-0.3, -0.25) is 0 Å². The summed E-state index contributed by atoms with van der Waals surface area (Å²) in [4.78, 5) is 0. The summed E-state index contributed by atoms with van der Waals surface area (Å²) in [5.74, 6) is 0.897. The van der Waals surface area contributed by atoms with Crippen molar-refractivity contribution in [3.05, 3.63) is 61.5 Å². The van der Waals surface area contributed by atoms with Crippen molar-refractivity contribution in [2.45, 2.75) is 19.9 Å². The van der Waals surface area contributed by atoms with Gasteiger partial charge in [-0.2, -0.15) is 0 Å². The summed E-state index contributed by atoms with van der Waals surface area (Å²) >= 11 is 7.04. The van der Waals surface area contributed by atoms with Crippen molar-refractivity contribution < 1.29 is 4.74 Å². The first-order valence-corrected chi connectivity index (χ1v) is 7.88. The number of aryl methyl sites for hydroxylation is 2. The van der Waals surface area contributed by atoms with Gasteiger partial charge in [0.25, 0.3) is 0 Å². The Morgan fingerprint density at radius 3 is 2.30 bits per heavy atom. The molecule has 4 heteroatoms. The lowest BCUT2D eigenvalue weighted by atomic mass is 9.94. The third-order valence-corrected chi connectivity index (χ3v) is 4.60. The van der Waals surface area contributed by atoms with E-state index in [9.17, 15) is 0 Å². The number of halogens is 2. The minimum Gasteiger partial charge on any atom is -0.496 e. The van der Waals surface area contributed by atoms with Gasteiger partial charge in [-0.05, 0) is 54.3 Å². The van der Waals surface area contributed by atoms with Gasteiger partial charge in [0.1, 0.15) is 5.75 Å². The van der Waals surface area contributed by atoms with Crippen molar-refractivity contribution in [2.75, 3.05) is 7.11 Å². The van der Waals surface area contributed by atoms with Gasteiger partial charge in [-0.1, -0.05) is 44.0 Å². The van der Waals surface area contributed by atoms with E-state index < -0.39 is 0 Å². The molecule has 1 atom stereocenters. The molecule has 0 aliphatic heterocycles. The van der Waals surface area contributed by atoms with Crippen molar-refractivity contribution in [2.24, 2.45) is 5.73 Å². The molecule has 0 radical (unpaired) electrons. The minimum atomic E-state index is -0.165. The minimum absolute atomic E-state index is 0.165. The van der Waals surface area contributed by atoms with Crippen LogP contribution in [0.4, 0.5) is 0 Å². The van der Waals surface area contributed by atoms with Crippen LogP contribution in [-0.2, 0) is 0 Å². The van der Waals surface area contributed by atoms with Crippen molar-refractivity contribution in [3.63, 3.8) is 0 Å². The number of hydrogen-bond acceptors (Lipinski definition) is 2. The van der Waals surface area contributed by atoms with E-state index >= 15 is 0 Å². The normalized spacial score (nSPS) is 12.3. The van der Waals surface area contributed by atoms with E-state index in [0.29, 0.717) is 0 Å². The van der Waals surface area contributed by atoms with E-state index in [1.165, 1.54) is 0 Å². The molecule has 0 spiro atoms. The van der Waals surface area contributed by atoms with Gasteiger partial charge in [0.2, 0.25) is 0 Å². The lowest BCUT2D eigenvalue weighted by Crippen LogP contribution is -2.14. The Hall–Kier alpha value is -0.840. The Bertz CT molecular complexity index is 641. The van der Waals surface area contributed by atoms with E-state index in [4.69, 9.17) is 10.5 Å². The second-order valence-corrected chi connectivity index (χ2v) is 6.59. The fourth-order valence-electron chi connectivity index (χ4n) is 2.29. The van der Waals surface area contributed by atoms with Crippen molar-refractivity contribution in [1.82, 2.24) is 0 Å². The highest BCUT2D eigenvalue weighted by Gasteiger charge is 2.16. The molecule has 2 aromatic rings. The van der Waals surface area contributed by atoms with Crippen LogP contribution >= 0.6 is 31.9 Å². The highest BCUT2D eigenvalue weighted by molar-refractivity contribution is 9.11. The molecule has 0 saturated carbocycles. The number of nitrogens with two attached hydrogens (primary N) is 1. The SMILES string of the molecule is COc1cc(C)c(C(N)c2ccc(Br)cc2Br)cc1C. The van der Waals surface area contributed by atoms with Gasteiger partial charge < -0.3 is 10.5 Å². The first-order valence-electron chi connectivity index (χ1n) is 6.29. The molecule has 0 aliphatic carbocycles. The average molecular weight is 399 g/mol. The van der Waals surface area contributed by atoms with Crippen LogP contribution in [0.15, 0.2) is 39.3 Å². The summed E-state index contributed by atoms with van der Waals surface area (Å²) in [6.07, 6.45) is 0. The Kier molecular flexibility index (Phi) is 4.89. The van der Waals surface area contributed by atoms with Gasteiger partial charge in [-0.25, -0.2) is 0 Å². The summed E-state index contributed by atoms with van der Waals surface area (Å²) in [6.45, 7) is 4.09. The zero-order valence-electron chi connectivity index (χ0n) is 11.7. The zero-order chi connectivity index (χ0) is 14.9. The Morgan fingerprint density at radius 2 is 1.70 bits per heavy atom. The van der Waals surface area contributed by atoms with Gasteiger partial charge in [0.05, 0.1) is 13.2 Å². The molecule has 0 aliphatic rings. The molecule has 0 bridgehead atoms. The second kappa shape index (κ2) is 6.29. The maximum Gasteiger partial charge on any atom is 0.122 e. The topological polar surface area (TPSA) is 35.2 Å². The molecule has 2 nitrogen and oxygen atoms in total. The number of hydrogen-bond donors (Lipinski definition) is 1. The quantitative estimate of drug-likeness (QED) is 0.799. The van der Waals surface area contributed by atoms with Crippen LogP contribution < -0.4 is 10.5 Å².